The van der Waals surface area contributed by atoms with Crippen LogP contribution in [0.5, 0.6) is 0 Å². The molecule has 5 atom stereocenters. The number of benzene rings is 2. The van der Waals surface area contributed by atoms with E-state index in [1.54, 1.807) is 0 Å². The summed E-state index contributed by atoms with van der Waals surface area (Å²) < 4.78 is 5.99. The van der Waals surface area contributed by atoms with Gasteiger partial charge in [-0.3, -0.25) is 0 Å². The summed E-state index contributed by atoms with van der Waals surface area (Å²) in [6.45, 7) is -0.113. The Morgan fingerprint density at radius 1 is 1.13 bits per heavy atom. The van der Waals surface area contributed by atoms with Gasteiger partial charge in [-0.1, -0.05) is 29.8 Å². The molecule has 0 radical (unpaired) electrons. The summed E-state index contributed by atoms with van der Waals surface area (Å²) in [5.41, 5.74) is 4.46. The van der Waals surface area contributed by atoms with E-state index in [0.29, 0.717) is 11.4 Å². The number of hydrogen-bond acceptors (Lipinski definition) is 6. The van der Waals surface area contributed by atoms with Gasteiger partial charge in [-0.25, -0.2) is 0 Å². The first-order chi connectivity index (χ1) is 14.4. The van der Waals surface area contributed by atoms with Crippen LogP contribution in [0.2, 0.25) is 5.02 Å². The molecule has 5 N–H and O–H groups in total. The molecule has 8 heteroatoms. The molecule has 5 rings (SSSR count). The molecule has 158 valence electrons. The Morgan fingerprint density at radius 3 is 2.70 bits per heavy atom. The Balaban J connectivity index is 1.54. The Hall–Kier alpha value is -1.58. The average molecular weight is 448 g/mol. The van der Waals surface area contributed by atoms with Crippen LogP contribution in [-0.2, 0) is 22.7 Å². The van der Waals surface area contributed by atoms with Crippen molar-refractivity contribution in [2.24, 2.45) is 0 Å². The van der Waals surface area contributed by atoms with Crippen LogP contribution in [0.4, 0.5) is 0 Å². The summed E-state index contributed by atoms with van der Waals surface area (Å²) in [5, 5.41) is 42.1. The van der Waals surface area contributed by atoms with Crippen molar-refractivity contribution in [2.45, 2.75) is 41.5 Å². The fourth-order valence-electron chi connectivity index (χ4n) is 4.42. The maximum absolute atomic E-state index is 10.8. The van der Waals surface area contributed by atoms with Crippen LogP contribution >= 0.6 is 23.4 Å². The lowest BCUT2D eigenvalue weighted by atomic mass is 9.91. The van der Waals surface area contributed by atoms with Crippen LogP contribution in [0.3, 0.4) is 0 Å². The molecule has 30 heavy (non-hydrogen) atoms. The van der Waals surface area contributed by atoms with E-state index in [1.807, 2.05) is 36.4 Å². The van der Waals surface area contributed by atoms with Gasteiger partial charge in [-0.2, -0.15) is 0 Å². The molecule has 0 saturated carbocycles. The Morgan fingerprint density at radius 2 is 1.93 bits per heavy atom. The summed E-state index contributed by atoms with van der Waals surface area (Å²) in [6.07, 6.45) is -3.45. The molecule has 0 bridgehead atoms. The molecule has 1 unspecified atom stereocenters. The molecule has 2 aliphatic heterocycles. The summed E-state index contributed by atoms with van der Waals surface area (Å²) in [7, 11) is 0. The second-order valence-electron chi connectivity index (χ2n) is 7.88. The van der Waals surface area contributed by atoms with Crippen molar-refractivity contribution in [2.75, 3.05) is 6.61 Å². The van der Waals surface area contributed by atoms with E-state index >= 15 is 0 Å². The Bertz CT molecular complexity index is 1070. The number of rotatable bonds is 3. The zero-order valence-corrected chi connectivity index (χ0v) is 17.5. The zero-order valence-electron chi connectivity index (χ0n) is 16.0. The number of aliphatic hydroxyl groups is 4. The highest BCUT2D eigenvalue weighted by atomic mass is 35.5. The molecule has 3 heterocycles. The predicted octanol–water partition coefficient (Wildman–Crippen LogP) is 2.29. The maximum atomic E-state index is 10.8. The standard InChI is InChI=1S/C22H22ClNO5S/c23-16-8-13-10-29-22(21(28)20(27)19(26)18(9-25)30-22)15(13)7-12(16)6-14-5-11-3-1-2-4-17(11)24-14/h1-5,7-8,18-21,24-28H,6,9-10H2/t18-,19-,20+,21-,22?/m1/s1. The summed E-state index contributed by atoms with van der Waals surface area (Å²) in [5.74, 6) is 0. The van der Waals surface area contributed by atoms with Gasteiger partial charge in [0.1, 0.15) is 12.2 Å². The lowest BCUT2D eigenvalue weighted by Crippen LogP contribution is -2.58. The van der Waals surface area contributed by atoms with Gasteiger partial charge < -0.3 is 30.1 Å². The lowest BCUT2D eigenvalue weighted by Gasteiger charge is -2.45. The van der Waals surface area contributed by atoms with Crippen molar-refractivity contribution < 1.29 is 25.2 Å². The average Bonchev–Trinajstić information content (AvgIpc) is 3.31. The van der Waals surface area contributed by atoms with Crippen LogP contribution in [0, 0.1) is 0 Å². The molecule has 3 aromatic rings. The fraction of sp³-hybridized carbons (Fsp3) is 0.364. The van der Waals surface area contributed by atoms with E-state index in [2.05, 4.69) is 11.1 Å². The smallest absolute Gasteiger partial charge is 0.168 e. The number of hydrogen-bond donors (Lipinski definition) is 5. The third-order valence-electron chi connectivity index (χ3n) is 6.01. The molecule has 1 saturated heterocycles. The van der Waals surface area contributed by atoms with E-state index < -0.39 is 28.5 Å². The van der Waals surface area contributed by atoms with Crippen LogP contribution in [0.25, 0.3) is 10.9 Å². The summed E-state index contributed by atoms with van der Waals surface area (Å²) in [6, 6.07) is 13.8. The van der Waals surface area contributed by atoms with Crippen molar-refractivity contribution in [1.29, 1.82) is 0 Å². The number of aromatic amines is 1. The van der Waals surface area contributed by atoms with E-state index in [9.17, 15) is 20.4 Å². The first-order valence-electron chi connectivity index (χ1n) is 9.78. The topological polar surface area (TPSA) is 106 Å². The molecular weight excluding hydrogens is 426 g/mol. The number of aliphatic hydroxyl groups excluding tert-OH is 4. The highest BCUT2D eigenvalue weighted by molar-refractivity contribution is 8.00. The first-order valence-corrected chi connectivity index (χ1v) is 11.0. The molecule has 0 aliphatic carbocycles. The van der Waals surface area contributed by atoms with Gasteiger partial charge in [0.2, 0.25) is 0 Å². The van der Waals surface area contributed by atoms with Crippen LogP contribution < -0.4 is 0 Å². The zero-order chi connectivity index (χ0) is 21.0. The van der Waals surface area contributed by atoms with Gasteiger partial charge in [-0.15, -0.1) is 11.8 Å². The number of H-pyrrole nitrogens is 1. The second kappa shape index (κ2) is 7.53. The van der Waals surface area contributed by atoms with E-state index in [1.165, 1.54) is 0 Å². The Labute approximate surface area is 182 Å². The van der Waals surface area contributed by atoms with Crippen LogP contribution in [0.15, 0.2) is 42.5 Å². The highest BCUT2D eigenvalue weighted by Crippen LogP contribution is 2.54. The minimum Gasteiger partial charge on any atom is -0.395 e. The molecule has 2 aromatic carbocycles. The quantitative estimate of drug-likeness (QED) is 0.422. The number of fused-ring (bicyclic) bond motifs is 3. The number of aromatic nitrogens is 1. The van der Waals surface area contributed by atoms with Crippen LogP contribution in [-0.4, -0.2) is 55.6 Å². The number of para-hydroxylation sites is 1. The molecule has 0 amide bonds. The largest absolute Gasteiger partial charge is 0.395 e. The molecule has 1 spiro atoms. The first kappa shape index (κ1) is 20.3. The summed E-state index contributed by atoms with van der Waals surface area (Å²) >= 11 is 7.71. The van der Waals surface area contributed by atoms with Gasteiger partial charge in [0.25, 0.3) is 0 Å². The number of thioether (sulfide) groups is 1. The molecule has 2 aliphatic rings. The minimum atomic E-state index is -1.43. The van der Waals surface area contributed by atoms with Crippen molar-refractivity contribution in [3.05, 3.63) is 69.9 Å². The number of halogens is 1. The molecule has 6 nitrogen and oxygen atoms in total. The van der Waals surface area contributed by atoms with Gasteiger partial charge in [-0.05, 0) is 40.8 Å². The van der Waals surface area contributed by atoms with Gasteiger partial charge >= 0.3 is 0 Å². The van der Waals surface area contributed by atoms with Crippen molar-refractivity contribution in [1.82, 2.24) is 4.98 Å². The Kier molecular flexibility index (Phi) is 5.10. The SMILES string of the molecule is OC[C@H]1SC2(OCc3cc(Cl)c(Cc4cc5ccccc5[nH]4)cc32)[C@H](O)[C@@H](O)[C@@H]1O. The molecule has 1 fully saturated rings. The fourth-order valence-corrected chi connectivity index (χ4v) is 6.22. The minimum absolute atomic E-state index is 0.229. The lowest BCUT2D eigenvalue weighted by molar-refractivity contribution is -0.147. The van der Waals surface area contributed by atoms with Gasteiger partial charge in [0.05, 0.1) is 24.6 Å². The highest BCUT2D eigenvalue weighted by Gasteiger charge is 2.57. The summed E-state index contributed by atoms with van der Waals surface area (Å²) in [4.78, 5) is 2.13. The van der Waals surface area contributed by atoms with E-state index in [0.717, 1.165) is 45.0 Å². The van der Waals surface area contributed by atoms with E-state index in [-0.39, 0.29) is 13.2 Å². The van der Waals surface area contributed by atoms with Crippen molar-refractivity contribution >= 4 is 34.3 Å². The number of ether oxygens (including phenoxy) is 1. The van der Waals surface area contributed by atoms with E-state index in [4.69, 9.17) is 16.3 Å². The van der Waals surface area contributed by atoms with Gasteiger partial charge in [0, 0.05) is 28.2 Å². The molecular formula is C22H22ClNO5S. The normalized spacial score (nSPS) is 30.8. The van der Waals surface area contributed by atoms with Crippen molar-refractivity contribution in [3.8, 4) is 0 Å². The second-order valence-corrected chi connectivity index (χ2v) is 9.74. The maximum Gasteiger partial charge on any atom is 0.168 e. The van der Waals surface area contributed by atoms with Gasteiger partial charge in [0.15, 0.2) is 4.93 Å². The third-order valence-corrected chi connectivity index (χ3v) is 8.02. The van der Waals surface area contributed by atoms with Crippen molar-refractivity contribution in [3.63, 3.8) is 0 Å². The monoisotopic (exact) mass is 447 g/mol. The number of nitrogens with one attached hydrogen (secondary N) is 1. The predicted molar refractivity (Wildman–Crippen MR) is 116 cm³/mol. The molecule has 1 aromatic heterocycles. The third kappa shape index (κ3) is 3.08. The van der Waals surface area contributed by atoms with Crippen LogP contribution in [0.1, 0.15) is 22.4 Å².